The number of rotatable bonds is 3. The Kier molecular flexibility index (Phi) is 4.12. The summed E-state index contributed by atoms with van der Waals surface area (Å²) in [6.07, 6.45) is 0. The van der Waals surface area contributed by atoms with Crippen LogP contribution in [0.1, 0.15) is 17.0 Å². The maximum atomic E-state index is 12.4. The van der Waals surface area contributed by atoms with Gasteiger partial charge in [0.1, 0.15) is 5.75 Å². The fourth-order valence-electron chi connectivity index (χ4n) is 3.02. The van der Waals surface area contributed by atoms with Gasteiger partial charge in [0.2, 0.25) is 5.76 Å². The van der Waals surface area contributed by atoms with E-state index in [1.54, 1.807) is 32.2 Å². The van der Waals surface area contributed by atoms with Crippen molar-refractivity contribution >= 4 is 34.5 Å². The minimum absolute atomic E-state index is 0.118. The second-order valence-electron chi connectivity index (χ2n) is 6.12. The van der Waals surface area contributed by atoms with Crippen molar-refractivity contribution in [2.45, 2.75) is 6.92 Å². The zero-order valence-electron chi connectivity index (χ0n) is 14.5. The lowest BCUT2D eigenvalue weighted by Crippen LogP contribution is -2.05. The van der Waals surface area contributed by atoms with Crippen LogP contribution in [-0.4, -0.2) is 23.3 Å². The molecule has 0 atom stereocenters. The van der Waals surface area contributed by atoms with Gasteiger partial charge in [-0.05, 0) is 36.8 Å². The maximum absolute atomic E-state index is 12.4. The van der Waals surface area contributed by atoms with Crippen LogP contribution >= 0.6 is 11.6 Å². The molecule has 0 aliphatic carbocycles. The monoisotopic (exact) mass is 382 g/mol. The highest BCUT2D eigenvalue weighted by Gasteiger charge is 2.31. The van der Waals surface area contributed by atoms with Crippen LogP contribution in [-0.2, 0) is 4.79 Å². The molecule has 2 aromatic carbocycles. The van der Waals surface area contributed by atoms with Crippen LogP contribution < -0.4 is 10.1 Å². The SMILES string of the molecule is COc1ccc(-c2cc3c(cc2Cl)NC(=O)C3=C(O)c2cc(C)no2)cc1. The van der Waals surface area contributed by atoms with E-state index in [4.69, 9.17) is 20.9 Å². The molecule has 1 amide bonds. The number of aliphatic hydroxyl groups excluding tert-OH is 1. The standard InChI is InChI=1S/C20H15ClN2O4/c1-10-7-17(27-23-10)19(24)18-14-8-13(11-3-5-12(26-2)6-4-11)15(21)9-16(14)22-20(18)25/h3-9,24H,1-2H3,(H,22,25). The van der Waals surface area contributed by atoms with Crippen LogP contribution in [0, 0.1) is 6.92 Å². The van der Waals surface area contributed by atoms with Crippen LogP contribution in [0.15, 0.2) is 47.0 Å². The highest BCUT2D eigenvalue weighted by atomic mass is 35.5. The fraction of sp³-hybridized carbons (Fsp3) is 0.100. The van der Waals surface area contributed by atoms with Gasteiger partial charge in [-0.3, -0.25) is 4.79 Å². The highest BCUT2D eigenvalue weighted by Crippen LogP contribution is 2.42. The highest BCUT2D eigenvalue weighted by molar-refractivity contribution is 6.38. The third-order valence-corrected chi connectivity index (χ3v) is 4.66. The van der Waals surface area contributed by atoms with E-state index in [2.05, 4.69) is 10.5 Å². The average molecular weight is 383 g/mol. The van der Waals surface area contributed by atoms with Gasteiger partial charge in [-0.1, -0.05) is 28.9 Å². The quantitative estimate of drug-likeness (QED) is 0.507. The number of hydrogen-bond donors (Lipinski definition) is 2. The van der Waals surface area contributed by atoms with E-state index < -0.39 is 5.91 Å². The molecular weight excluding hydrogens is 368 g/mol. The number of aromatic nitrogens is 1. The number of fused-ring (bicyclic) bond motifs is 1. The average Bonchev–Trinajstić information content (AvgIpc) is 3.23. The van der Waals surface area contributed by atoms with Gasteiger partial charge in [0.05, 0.1) is 29.1 Å². The minimum Gasteiger partial charge on any atom is -0.504 e. The molecule has 6 nitrogen and oxygen atoms in total. The lowest BCUT2D eigenvalue weighted by molar-refractivity contribution is -0.110. The van der Waals surface area contributed by atoms with Gasteiger partial charge >= 0.3 is 0 Å². The van der Waals surface area contributed by atoms with Crippen LogP contribution in [0.3, 0.4) is 0 Å². The molecule has 3 aromatic rings. The number of methoxy groups -OCH3 is 1. The third-order valence-electron chi connectivity index (χ3n) is 4.35. The number of hydrogen-bond acceptors (Lipinski definition) is 5. The summed E-state index contributed by atoms with van der Waals surface area (Å²) in [5.41, 5.74) is 3.38. The van der Waals surface area contributed by atoms with E-state index in [9.17, 15) is 9.90 Å². The number of benzene rings is 2. The molecule has 0 bridgehead atoms. The number of carbonyl (C=O) groups is 1. The zero-order chi connectivity index (χ0) is 19.1. The molecule has 0 saturated carbocycles. The predicted molar refractivity (Wildman–Crippen MR) is 103 cm³/mol. The summed E-state index contributed by atoms with van der Waals surface area (Å²) in [6.45, 7) is 1.73. The summed E-state index contributed by atoms with van der Waals surface area (Å²) < 4.78 is 10.3. The smallest absolute Gasteiger partial charge is 0.260 e. The summed E-state index contributed by atoms with van der Waals surface area (Å²) in [7, 11) is 1.60. The first-order chi connectivity index (χ1) is 13.0. The van der Waals surface area contributed by atoms with E-state index >= 15 is 0 Å². The molecule has 0 saturated heterocycles. The van der Waals surface area contributed by atoms with E-state index in [1.165, 1.54) is 0 Å². The Morgan fingerprint density at radius 2 is 1.93 bits per heavy atom. The molecule has 1 aromatic heterocycles. The van der Waals surface area contributed by atoms with Crippen molar-refractivity contribution in [2.75, 3.05) is 12.4 Å². The number of nitrogens with zero attached hydrogens (tertiary/aromatic N) is 1. The molecule has 4 rings (SSSR count). The molecule has 2 N–H and O–H groups in total. The third kappa shape index (κ3) is 2.94. The summed E-state index contributed by atoms with van der Waals surface area (Å²) in [6, 6.07) is 12.4. The van der Waals surface area contributed by atoms with Crippen molar-refractivity contribution in [1.82, 2.24) is 5.16 Å². The second kappa shape index (κ2) is 6.48. The Balaban J connectivity index is 1.86. The number of halogens is 1. The molecule has 136 valence electrons. The van der Waals surface area contributed by atoms with Crippen molar-refractivity contribution in [2.24, 2.45) is 0 Å². The van der Waals surface area contributed by atoms with Crippen molar-refractivity contribution < 1.29 is 19.2 Å². The number of aryl methyl sites for hydroxylation is 1. The van der Waals surface area contributed by atoms with E-state index in [1.807, 2.05) is 24.3 Å². The molecular formula is C20H15ClN2O4. The number of anilines is 1. The van der Waals surface area contributed by atoms with Gasteiger partial charge in [-0.25, -0.2) is 0 Å². The Labute approximate surface area is 160 Å². The Hall–Kier alpha value is -3.25. The number of aliphatic hydroxyl groups is 1. The fourth-order valence-corrected chi connectivity index (χ4v) is 3.29. The molecule has 1 aliphatic rings. The molecule has 0 fully saturated rings. The summed E-state index contributed by atoms with van der Waals surface area (Å²) in [4.78, 5) is 12.4. The maximum Gasteiger partial charge on any atom is 0.260 e. The molecule has 1 aliphatic heterocycles. The van der Waals surface area contributed by atoms with Crippen LogP contribution in [0.25, 0.3) is 22.5 Å². The van der Waals surface area contributed by atoms with E-state index in [0.717, 1.165) is 16.9 Å². The molecule has 0 radical (unpaired) electrons. The largest absolute Gasteiger partial charge is 0.504 e. The lowest BCUT2D eigenvalue weighted by atomic mass is 9.98. The van der Waals surface area contributed by atoms with Gasteiger partial charge in [0, 0.05) is 17.2 Å². The van der Waals surface area contributed by atoms with Gasteiger partial charge in [0.25, 0.3) is 5.91 Å². The van der Waals surface area contributed by atoms with Gasteiger partial charge < -0.3 is 19.7 Å². The van der Waals surface area contributed by atoms with Gasteiger partial charge in [0.15, 0.2) is 5.76 Å². The summed E-state index contributed by atoms with van der Waals surface area (Å²) in [5, 5.41) is 17.5. The van der Waals surface area contributed by atoms with Gasteiger partial charge in [-0.15, -0.1) is 0 Å². The predicted octanol–water partition coefficient (Wildman–Crippen LogP) is 4.69. The number of ether oxygens (including phenoxy) is 1. The first kappa shape index (κ1) is 17.2. The second-order valence-corrected chi connectivity index (χ2v) is 6.52. The summed E-state index contributed by atoms with van der Waals surface area (Å²) in [5.74, 6) is 0.160. The number of carbonyl (C=O) groups excluding carboxylic acids is 1. The first-order valence-electron chi connectivity index (χ1n) is 8.14. The molecule has 0 unspecified atom stereocenters. The zero-order valence-corrected chi connectivity index (χ0v) is 15.3. The lowest BCUT2D eigenvalue weighted by Gasteiger charge is -2.09. The van der Waals surface area contributed by atoms with Crippen molar-refractivity contribution in [3.63, 3.8) is 0 Å². The van der Waals surface area contributed by atoms with Crippen molar-refractivity contribution in [3.8, 4) is 16.9 Å². The Morgan fingerprint density at radius 3 is 2.56 bits per heavy atom. The Bertz CT molecular complexity index is 1080. The van der Waals surface area contributed by atoms with E-state index in [0.29, 0.717) is 22.0 Å². The van der Waals surface area contributed by atoms with Crippen LogP contribution in [0.5, 0.6) is 5.75 Å². The molecule has 0 spiro atoms. The minimum atomic E-state index is -0.431. The first-order valence-corrected chi connectivity index (χ1v) is 8.52. The molecule has 2 heterocycles. The molecule has 7 heteroatoms. The Morgan fingerprint density at radius 1 is 1.19 bits per heavy atom. The van der Waals surface area contributed by atoms with Crippen molar-refractivity contribution in [3.05, 3.63) is 64.5 Å². The summed E-state index contributed by atoms with van der Waals surface area (Å²) >= 11 is 6.42. The van der Waals surface area contributed by atoms with Crippen molar-refractivity contribution in [1.29, 1.82) is 0 Å². The van der Waals surface area contributed by atoms with Crippen LogP contribution in [0.4, 0.5) is 5.69 Å². The topological polar surface area (TPSA) is 84.6 Å². The number of nitrogens with one attached hydrogen (secondary N) is 1. The van der Waals surface area contributed by atoms with E-state index in [-0.39, 0.29) is 17.1 Å². The normalized spacial score (nSPS) is 14.7. The van der Waals surface area contributed by atoms with Crippen LogP contribution in [0.2, 0.25) is 5.02 Å². The molecule has 27 heavy (non-hydrogen) atoms. The number of amides is 1. The van der Waals surface area contributed by atoms with Gasteiger partial charge in [-0.2, -0.15) is 0 Å².